The maximum Gasteiger partial charge on any atom is 0.262 e. The quantitative estimate of drug-likeness (QED) is 0.817. The van der Waals surface area contributed by atoms with Gasteiger partial charge in [0, 0.05) is 32.4 Å². The highest BCUT2D eigenvalue weighted by molar-refractivity contribution is 7.89. The Morgan fingerprint density at radius 3 is 2.81 bits per heavy atom. The molecule has 27 heavy (non-hydrogen) atoms. The van der Waals surface area contributed by atoms with E-state index in [1.807, 2.05) is 38.1 Å². The third-order valence-corrected chi connectivity index (χ3v) is 6.80. The fourth-order valence-electron chi connectivity index (χ4n) is 3.29. The maximum atomic E-state index is 12.8. The third kappa shape index (κ3) is 4.39. The van der Waals surface area contributed by atoms with Crippen LogP contribution in [-0.2, 0) is 27.9 Å². The Hall–Kier alpha value is -2.19. The molecule has 1 unspecified atom stereocenters. The number of aryl methyl sites for hydroxylation is 2. The molecule has 1 atom stereocenters. The summed E-state index contributed by atoms with van der Waals surface area (Å²) in [6.07, 6.45) is 4.41. The van der Waals surface area contributed by atoms with E-state index in [-0.39, 0.29) is 23.4 Å². The van der Waals surface area contributed by atoms with Crippen molar-refractivity contribution in [1.82, 2.24) is 19.2 Å². The van der Waals surface area contributed by atoms with Gasteiger partial charge in [-0.2, -0.15) is 4.31 Å². The number of rotatable bonds is 6. The minimum Gasteiger partial charge on any atom is -0.352 e. The summed E-state index contributed by atoms with van der Waals surface area (Å²) in [4.78, 5) is 16.6. The molecule has 8 heteroatoms. The summed E-state index contributed by atoms with van der Waals surface area (Å²) >= 11 is 0. The fourth-order valence-corrected chi connectivity index (χ4v) is 4.75. The molecule has 0 spiro atoms. The van der Waals surface area contributed by atoms with Crippen LogP contribution in [0.5, 0.6) is 0 Å². The number of hydrogen-bond donors (Lipinski definition) is 1. The van der Waals surface area contributed by atoms with Crippen molar-refractivity contribution in [2.75, 3.05) is 13.1 Å². The summed E-state index contributed by atoms with van der Waals surface area (Å²) in [6, 6.07) is 7.90. The van der Waals surface area contributed by atoms with Crippen molar-refractivity contribution in [1.29, 1.82) is 0 Å². The first-order chi connectivity index (χ1) is 12.9. The largest absolute Gasteiger partial charge is 0.352 e. The van der Waals surface area contributed by atoms with Crippen molar-refractivity contribution in [3.63, 3.8) is 0 Å². The van der Waals surface area contributed by atoms with E-state index in [0.29, 0.717) is 32.5 Å². The molecule has 1 aromatic heterocycles. The van der Waals surface area contributed by atoms with E-state index in [1.54, 1.807) is 4.57 Å². The van der Waals surface area contributed by atoms with Crippen LogP contribution in [0.15, 0.2) is 41.8 Å². The fraction of sp³-hybridized carbons (Fsp3) is 0.474. The van der Waals surface area contributed by atoms with Gasteiger partial charge in [0.25, 0.3) is 10.0 Å². The number of sulfonamides is 1. The van der Waals surface area contributed by atoms with Crippen LogP contribution in [0.4, 0.5) is 0 Å². The lowest BCUT2D eigenvalue weighted by atomic mass is 9.98. The smallest absolute Gasteiger partial charge is 0.262 e. The lowest BCUT2D eigenvalue weighted by Gasteiger charge is -2.30. The lowest BCUT2D eigenvalue weighted by Crippen LogP contribution is -2.45. The summed E-state index contributed by atoms with van der Waals surface area (Å²) < 4.78 is 28.8. The molecule has 3 rings (SSSR count). The van der Waals surface area contributed by atoms with Crippen molar-refractivity contribution in [2.24, 2.45) is 5.92 Å². The molecular weight excluding hydrogens is 364 g/mol. The van der Waals surface area contributed by atoms with Gasteiger partial charge < -0.3 is 9.88 Å². The Labute approximate surface area is 160 Å². The van der Waals surface area contributed by atoms with Gasteiger partial charge in [-0.1, -0.05) is 24.3 Å². The molecule has 1 aliphatic rings. The molecule has 0 aliphatic carbocycles. The monoisotopic (exact) mass is 390 g/mol. The van der Waals surface area contributed by atoms with Gasteiger partial charge in [0.1, 0.15) is 0 Å². The Bertz CT molecular complexity index is 907. The van der Waals surface area contributed by atoms with Crippen LogP contribution in [0.3, 0.4) is 0 Å². The zero-order valence-corrected chi connectivity index (χ0v) is 16.6. The summed E-state index contributed by atoms with van der Waals surface area (Å²) in [5.41, 5.74) is 2.19. The van der Waals surface area contributed by atoms with Crippen LogP contribution in [-0.4, -0.2) is 41.3 Å². The number of nitrogens with one attached hydrogen (secondary N) is 1. The molecule has 7 nitrogen and oxygen atoms in total. The van der Waals surface area contributed by atoms with Crippen molar-refractivity contribution in [3.05, 3.63) is 47.9 Å². The second kappa shape index (κ2) is 8.22. The molecule has 1 aliphatic heterocycles. The van der Waals surface area contributed by atoms with E-state index in [9.17, 15) is 13.2 Å². The topological polar surface area (TPSA) is 84.3 Å². The van der Waals surface area contributed by atoms with Crippen molar-refractivity contribution >= 4 is 15.9 Å². The molecule has 1 saturated heterocycles. The maximum absolute atomic E-state index is 12.8. The molecule has 0 saturated carbocycles. The van der Waals surface area contributed by atoms with Gasteiger partial charge in [-0.25, -0.2) is 13.4 Å². The van der Waals surface area contributed by atoms with Gasteiger partial charge in [-0.05, 0) is 37.8 Å². The van der Waals surface area contributed by atoms with Crippen molar-refractivity contribution < 1.29 is 13.2 Å². The molecule has 1 N–H and O–H groups in total. The average Bonchev–Trinajstić information content (AvgIpc) is 3.17. The highest BCUT2D eigenvalue weighted by Crippen LogP contribution is 2.23. The first-order valence-corrected chi connectivity index (χ1v) is 10.7. The molecule has 2 aromatic rings. The highest BCUT2D eigenvalue weighted by atomic mass is 32.2. The average molecular weight is 391 g/mol. The Kier molecular flexibility index (Phi) is 5.96. The van der Waals surface area contributed by atoms with Crippen LogP contribution in [0.2, 0.25) is 0 Å². The van der Waals surface area contributed by atoms with E-state index in [0.717, 1.165) is 11.1 Å². The van der Waals surface area contributed by atoms with Crippen LogP contribution in [0.25, 0.3) is 0 Å². The van der Waals surface area contributed by atoms with E-state index >= 15 is 0 Å². The molecular formula is C19H26N4O3S. The van der Waals surface area contributed by atoms with Crippen LogP contribution < -0.4 is 5.32 Å². The number of nitrogens with zero attached hydrogens (tertiary/aromatic N) is 3. The number of piperidine rings is 1. The molecule has 146 valence electrons. The number of amides is 1. The summed E-state index contributed by atoms with van der Waals surface area (Å²) in [7, 11) is -3.67. The van der Waals surface area contributed by atoms with Gasteiger partial charge in [0.05, 0.1) is 12.2 Å². The molecule has 1 aromatic carbocycles. The number of carbonyl (C=O) groups is 1. The molecule has 2 heterocycles. The minimum absolute atomic E-state index is 0.0466. The molecule has 1 fully saturated rings. The Morgan fingerprint density at radius 1 is 1.33 bits per heavy atom. The normalized spacial score (nSPS) is 18.4. The zero-order chi connectivity index (χ0) is 19.4. The molecule has 1 amide bonds. The van der Waals surface area contributed by atoms with Gasteiger partial charge in [0.15, 0.2) is 5.03 Å². The first-order valence-electron chi connectivity index (χ1n) is 9.26. The number of carbonyl (C=O) groups excluding carboxylic acids is 1. The van der Waals surface area contributed by atoms with E-state index < -0.39 is 10.0 Å². The van der Waals surface area contributed by atoms with E-state index in [1.165, 1.54) is 16.8 Å². The lowest BCUT2D eigenvalue weighted by molar-refractivity contribution is -0.126. The standard InChI is InChI=1S/C19H26N4O3S/c1-3-22-13-18(21-14-22)27(25,26)23-10-6-9-17(12-23)19(24)20-11-16-8-5-4-7-15(16)2/h4-5,7-8,13-14,17H,3,6,9-12H2,1-2H3,(H,20,24). The number of imidazole rings is 1. The second-order valence-corrected chi connectivity index (χ2v) is 8.77. The predicted molar refractivity (Wildman–Crippen MR) is 102 cm³/mol. The van der Waals surface area contributed by atoms with Gasteiger partial charge in [-0.15, -0.1) is 0 Å². The Morgan fingerprint density at radius 2 is 2.11 bits per heavy atom. The zero-order valence-electron chi connectivity index (χ0n) is 15.8. The number of benzene rings is 1. The predicted octanol–water partition coefficient (Wildman–Crippen LogP) is 1.93. The summed E-state index contributed by atoms with van der Waals surface area (Å²) in [5.74, 6) is -0.442. The van der Waals surface area contributed by atoms with Gasteiger partial charge >= 0.3 is 0 Å². The highest BCUT2D eigenvalue weighted by Gasteiger charge is 2.34. The SMILES string of the molecule is CCn1cnc(S(=O)(=O)N2CCCC(C(=O)NCc3ccccc3C)C2)c1. The van der Waals surface area contributed by atoms with Gasteiger partial charge in [0.2, 0.25) is 5.91 Å². The summed E-state index contributed by atoms with van der Waals surface area (Å²) in [5, 5.41) is 3.00. The third-order valence-electron chi connectivity index (χ3n) is 5.05. The van der Waals surface area contributed by atoms with E-state index in [2.05, 4.69) is 10.3 Å². The van der Waals surface area contributed by atoms with Crippen molar-refractivity contribution in [2.45, 2.75) is 44.8 Å². The van der Waals surface area contributed by atoms with Crippen molar-refractivity contribution in [3.8, 4) is 0 Å². The Balaban J connectivity index is 1.64. The van der Waals surface area contributed by atoms with Crippen LogP contribution in [0.1, 0.15) is 30.9 Å². The van der Waals surface area contributed by atoms with Gasteiger partial charge in [-0.3, -0.25) is 4.79 Å². The van der Waals surface area contributed by atoms with Crippen LogP contribution in [0, 0.1) is 12.8 Å². The number of hydrogen-bond acceptors (Lipinski definition) is 4. The molecule has 0 radical (unpaired) electrons. The minimum atomic E-state index is -3.67. The first kappa shape index (κ1) is 19.6. The number of aromatic nitrogens is 2. The second-order valence-electron chi connectivity index (χ2n) is 6.89. The van der Waals surface area contributed by atoms with E-state index in [4.69, 9.17) is 0 Å². The summed E-state index contributed by atoms with van der Waals surface area (Å²) in [6.45, 7) is 5.66. The van der Waals surface area contributed by atoms with Crippen LogP contribution >= 0.6 is 0 Å². The molecule has 0 bridgehead atoms.